The number of amides is 1. The number of carbonyl (C=O) groups excluding carboxylic acids is 3. The van der Waals surface area contributed by atoms with Gasteiger partial charge in [-0.25, -0.2) is 4.79 Å². The molecule has 2 aromatic carbocycles. The van der Waals surface area contributed by atoms with Crippen molar-refractivity contribution in [2.75, 3.05) is 6.54 Å². The summed E-state index contributed by atoms with van der Waals surface area (Å²) in [4.78, 5) is 66.4. The summed E-state index contributed by atoms with van der Waals surface area (Å²) in [5.41, 5.74) is -2.24. The summed E-state index contributed by atoms with van der Waals surface area (Å²) in [6, 6.07) is 4.83. The zero-order valence-corrected chi connectivity index (χ0v) is 25.5. The fraction of sp³-hybridized carbons (Fsp3) is 0.406. The molecule has 5 N–H and O–H groups in total. The lowest BCUT2D eigenvalue weighted by molar-refractivity contribution is -0.216. The molecule has 13 nitrogen and oxygen atoms in total. The molecule has 3 aromatic rings. The summed E-state index contributed by atoms with van der Waals surface area (Å²) >= 11 is 0. The van der Waals surface area contributed by atoms with Gasteiger partial charge in [-0.1, -0.05) is 12.1 Å². The van der Waals surface area contributed by atoms with Crippen molar-refractivity contribution < 1.29 is 62.2 Å². The topological polar surface area (TPSA) is 202 Å². The number of carboxylic acids is 1. The van der Waals surface area contributed by atoms with Crippen LogP contribution in [0.5, 0.6) is 11.5 Å². The standard InChI is InChI=1S/C32H31F3N2O11/c1-13-10-16-22(18(38)11-13)24-25(37(29(16)43)17(30(44)45)7-3-4-9-36-31(46)32(33,34)35)28(42)23-15(27(24)41)6-5-8-20(23)48-21-12-19(39)26(40)14(2)47-21/h5-6,8,10-11,14,17,19,21,26,38-40H,3-4,7,9,12H2,1-2H3,(H,36,46)(H,44,45)/t14-,17-,19-,21-,26-/m0/s1. The number of aliphatic carboxylic acids is 1. The van der Waals surface area contributed by atoms with Crippen molar-refractivity contribution in [3.63, 3.8) is 0 Å². The van der Waals surface area contributed by atoms with E-state index >= 15 is 0 Å². The van der Waals surface area contributed by atoms with Crippen LogP contribution in [0.3, 0.4) is 0 Å². The first-order chi connectivity index (χ1) is 22.5. The molecule has 1 aliphatic carbocycles. The Labute approximate surface area is 269 Å². The number of alkyl halides is 3. The third-order valence-electron chi connectivity index (χ3n) is 8.36. The summed E-state index contributed by atoms with van der Waals surface area (Å²) < 4.78 is 49.8. The SMILES string of the molecule is Cc1cc(O)c2c3c(n([C@@H](CCCCNC(=O)C(F)(F)F)C(=O)O)c(=O)c2c1)C(=O)c1c(O[C@H]2C[C@H](O)[C@@H](O)[C@H](C)O2)cccc1C3=O. The predicted octanol–water partition coefficient (Wildman–Crippen LogP) is 2.50. The van der Waals surface area contributed by atoms with E-state index in [4.69, 9.17) is 9.47 Å². The summed E-state index contributed by atoms with van der Waals surface area (Å²) in [7, 11) is 0. The maximum absolute atomic E-state index is 14.4. The number of aryl methyl sites for hydroxylation is 1. The van der Waals surface area contributed by atoms with Gasteiger partial charge in [0.1, 0.15) is 29.3 Å². The zero-order chi connectivity index (χ0) is 35.2. The Morgan fingerprint density at radius 1 is 1.10 bits per heavy atom. The molecule has 0 unspecified atom stereocenters. The number of unbranched alkanes of at least 4 members (excludes halogenated alkanes) is 1. The predicted molar refractivity (Wildman–Crippen MR) is 159 cm³/mol. The second-order valence-corrected chi connectivity index (χ2v) is 11.7. The van der Waals surface area contributed by atoms with Crippen molar-refractivity contribution in [2.24, 2.45) is 0 Å². The van der Waals surface area contributed by atoms with Crippen LogP contribution < -0.4 is 15.6 Å². The number of aromatic hydroxyl groups is 1. The molecule has 0 radical (unpaired) electrons. The Bertz CT molecular complexity index is 1880. The number of hydrogen-bond donors (Lipinski definition) is 5. The molecule has 1 aliphatic heterocycles. The van der Waals surface area contributed by atoms with E-state index in [1.165, 1.54) is 37.3 Å². The molecule has 48 heavy (non-hydrogen) atoms. The number of phenolic OH excluding ortho intramolecular Hbond substituents is 1. The van der Waals surface area contributed by atoms with Crippen LogP contribution in [-0.2, 0) is 14.3 Å². The van der Waals surface area contributed by atoms with Gasteiger partial charge in [-0.05, 0) is 56.9 Å². The Balaban J connectivity index is 1.61. The first-order valence-electron chi connectivity index (χ1n) is 14.9. The van der Waals surface area contributed by atoms with Crippen LogP contribution in [0.2, 0.25) is 0 Å². The average Bonchev–Trinajstić information content (AvgIpc) is 3.00. The molecule has 1 aromatic heterocycles. The number of nitrogens with one attached hydrogen (secondary N) is 1. The molecule has 5 rings (SSSR count). The van der Waals surface area contributed by atoms with E-state index in [0.717, 1.165) is 0 Å². The molecule has 5 atom stereocenters. The number of carboxylic acid groups (broad SMARTS) is 1. The van der Waals surface area contributed by atoms with Crippen molar-refractivity contribution in [3.8, 4) is 11.5 Å². The van der Waals surface area contributed by atoms with E-state index in [2.05, 4.69) is 0 Å². The second kappa shape index (κ2) is 13.0. The fourth-order valence-electron chi connectivity index (χ4n) is 6.09. The van der Waals surface area contributed by atoms with Gasteiger partial charge < -0.3 is 35.2 Å². The van der Waals surface area contributed by atoms with Crippen molar-refractivity contribution in [1.82, 2.24) is 9.88 Å². The third kappa shape index (κ3) is 6.25. The van der Waals surface area contributed by atoms with Crippen LogP contribution in [-0.4, -0.2) is 85.8 Å². The number of aliphatic hydroxyl groups excluding tert-OH is 2. The quantitative estimate of drug-likeness (QED) is 0.163. The number of ether oxygens (including phenoxy) is 2. The number of rotatable bonds is 9. The van der Waals surface area contributed by atoms with Crippen LogP contribution in [0, 0.1) is 6.92 Å². The molecular formula is C32H31F3N2O11. The number of aliphatic hydroxyl groups is 2. The molecule has 0 saturated carbocycles. The van der Waals surface area contributed by atoms with Crippen molar-refractivity contribution in [1.29, 1.82) is 0 Å². The normalized spacial score (nSPS) is 21.4. The van der Waals surface area contributed by atoms with Gasteiger partial charge in [-0.3, -0.25) is 23.7 Å². The Kier molecular flexibility index (Phi) is 9.36. The zero-order valence-electron chi connectivity index (χ0n) is 25.5. The van der Waals surface area contributed by atoms with E-state index in [1.807, 2.05) is 0 Å². The summed E-state index contributed by atoms with van der Waals surface area (Å²) in [6.07, 6.45) is -10.4. The lowest BCUT2D eigenvalue weighted by Crippen LogP contribution is -2.48. The molecule has 0 spiro atoms. The lowest BCUT2D eigenvalue weighted by atomic mass is 9.83. The molecule has 256 valence electrons. The number of carbonyl (C=O) groups is 4. The van der Waals surface area contributed by atoms with Crippen LogP contribution in [0.15, 0.2) is 35.1 Å². The van der Waals surface area contributed by atoms with Gasteiger partial charge in [-0.15, -0.1) is 0 Å². The van der Waals surface area contributed by atoms with Gasteiger partial charge in [0.05, 0.1) is 28.7 Å². The van der Waals surface area contributed by atoms with Crippen LogP contribution in [0.4, 0.5) is 13.2 Å². The van der Waals surface area contributed by atoms with E-state index in [1.54, 1.807) is 12.2 Å². The van der Waals surface area contributed by atoms with Crippen LogP contribution in [0.1, 0.15) is 76.2 Å². The van der Waals surface area contributed by atoms with Crippen molar-refractivity contribution >= 4 is 34.2 Å². The van der Waals surface area contributed by atoms with Gasteiger partial charge in [0, 0.05) is 23.9 Å². The molecule has 0 bridgehead atoms. The molecule has 2 heterocycles. The number of halogens is 3. The maximum atomic E-state index is 14.4. The van der Waals surface area contributed by atoms with E-state index < -0.39 is 95.8 Å². The number of aromatic nitrogens is 1. The van der Waals surface area contributed by atoms with Gasteiger partial charge in [0.25, 0.3) is 5.56 Å². The maximum Gasteiger partial charge on any atom is 0.471 e. The monoisotopic (exact) mass is 676 g/mol. The van der Waals surface area contributed by atoms with E-state index in [0.29, 0.717) is 10.1 Å². The number of ketones is 2. The number of hydrogen-bond acceptors (Lipinski definition) is 10. The summed E-state index contributed by atoms with van der Waals surface area (Å²) in [5, 5.41) is 42.6. The van der Waals surface area contributed by atoms with Crippen molar-refractivity contribution in [2.45, 2.75) is 76.4 Å². The van der Waals surface area contributed by atoms with Crippen molar-refractivity contribution in [3.05, 3.63) is 68.6 Å². The van der Waals surface area contributed by atoms with E-state index in [-0.39, 0.29) is 46.9 Å². The average molecular weight is 677 g/mol. The first-order valence-corrected chi connectivity index (χ1v) is 14.9. The minimum Gasteiger partial charge on any atom is -0.507 e. The molecule has 2 aliphatic rings. The molecule has 16 heteroatoms. The second-order valence-electron chi connectivity index (χ2n) is 11.7. The lowest BCUT2D eigenvalue weighted by Gasteiger charge is -2.35. The molecule has 1 saturated heterocycles. The minimum absolute atomic E-state index is 0.119. The fourth-order valence-corrected chi connectivity index (χ4v) is 6.09. The summed E-state index contributed by atoms with van der Waals surface area (Å²) in [5.74, 6) is -6.31. The number of fused-ring (bicyclic) bond motifs is 4. The largest absolute Gasteiger partial charge is 0.507 e. The summed E-state index contributed by atoms with van der Waals surface area (Å²) in [6.45, 7) is 2.58. The Hall–Kier alpha value is -4.80. The highest BCUT2D eigenvalue weighted by molar-refractivity contribution is 6.32. The van der Waals surface area contributed by atoms with Gasteiger partial charge in [0.2, 0.25) is 12.1 Å². The smallest absolute Gasteiger partial charge is 0.471 e. The number of benzene rings is 2. The van der Waals surface area contributed by atoms with Gasteiger partial charge >= 0.3 is 18.1 Å². The highest BCUT2D eigenvalue weighted by Gasteiger charge is 2.42. The Morgan fingerprint density at radius 3 is 2.46 bits per heavy atom. The highest BCUT2D eigenvalue weighted by Crippen LogP contribution is 2.40. The van der Waals surface area contributed by atoms with Gasteiger partial charge in [0.15, 0.2) is 5.78 Å². The number of pyridine rings is 1. The van der Waals surface area contributed by atoms with Crippen LogP contribution in [0.25, 0.3) is 10.8 Å². The van der Waals surface area contributed by atoms with Crippen LogP contribution >= 0.6 is 0 Å². The molecular weight excluding hydrogens is 645 g/mol. The van der Waals surface area contributed by atoms with Gasteiger partial charge in [-0.2, -0.15) is 13.2 Å². The first kappa shape index (κ1) is 34.5. The number of nitrogens with zero attached hydrogens (tertiary/aromatic N) is 1. The Morgan fingerprint density at radius 2 is 1.81 bits per heavy atom. The molecule has 1 fully saturated rings. The third-order valence-corrected chi connectivity index (χ3v) is 8.36. The minimum atomic E-state index is -5.11. The molecule has 1 amide bonds. The highest BCUT2D eigenvalue weighted by atomic mass is 19.4. The van der Waals surface area contributed by atoms with E-state index in [9.17, 15) is 57.6 Å². The number of phenols is 1.